The van der Waals surface area contributed by atoms with Crippen molar-refractivity contribution in [3.8, 4) is 0 Å². The smallest absolute Gasteiger partial charge is 0.259 e. The second-order valence-corrected chi connectivity index (χ2v) is 4.55. The summed E-state index contributed by atoms with van der Waals surface area (Å²) >= 11 is 0. The van der Waals surface area contributed by atoms with Crippen LogP contribution in [0.3, 0.4) is 0 Å². The molecule has 0 fully saturated rings. The number of carbonyl (C=O) groups excluding carboxylic acids is 1. The summed E-state index contributed by atoms with van der Waals surface area (Å²) in [6, 6.07) is 5.87. The van der Waals surface area contributed by atoms with Gasteiger partial charge < -0.3 is 9.73 Å². The van der Waals surface area contributed by atoms with Crippen molar-refractivity contribution in [1.29, 1.82) is 0 Å². The fourth-order valence-electron chi connectivity index (χ4n) is 1.98. The van der Waals surface area contributed by atoms with Crippen LogP contribution >= 0.6 is 0 Å². The molecule has 2 aromatic rings. The molecule has 1 aromatic heterocycles. The number of nitrogens with one attached hydrogen (secondary N) is 1. The highest BCUT2D eigenvalue weighted by Gasteiger charge is 2.16. The van der Waals surface area contributed by atoms with Crippen molar-refractivity contribution in [2.45, 2.75) is 27.7 Å². The van der Waals surface area contributed by atoms with Gasteiger partial charge in [-0.05, 0) is 44.9 Å². The maximum atomic E-state index is 12.2. The minimum absolute atomic E-state index is 0.118. The molecule has 0 aliphatic heterocycles. The molecule has 0 bridgehead atoms. The van der Waals surface area contributed by atoms with E-state index in [-0.39, 0.29) is 5.91 Å². The summed E-state index contributed by atoms with van der Waals surface area (Å²) < 4.78 is 5.25. The number of carbonyl (C=O) groups is 1. The molecule has 2 rings (SSSR count). The third-order valence-corrected chi connectivity index (χ3v) is 3.24. The Morgan fingerprint density at radius 1 is 1.11 bits per heavy atom. The Hall–Kier alpha value is -2.03. The zero-order valence-electron chi connectivity index (χ0n) is 11.1. The minimum Gasteiger partial charge on any atom is -0.469 e. The first-order valence-corrected chi connectivity index (χ1v) is 5.93. The molecule has 3 heteroatoms. The molecule has 0 unspecified atom stereocenters. The molecule has 0 atom stereocenters. The lowest BCUT2D eigenvalue weighted by molar-refractivity contribution is 0.102. The molecule has 0 aliphatic rings. The first-order valence-electron chi connectivity index (χ1n) is 5.93. The first kappa shape index (κ1) is 12.4. The van der Waals surface area contributed by atoms with E-state index in [9.17, 15) is 4.79 Å². The zero-order valence-corrected chi connectivity index (χ0v) is 11.1. The fraction of sp³-hybridized carbons (Fsp3) is 0.267. The molecule has 0 saturated carbocycles. The minimum atomic E-state index is -0.118. The van der Waals surface area contributed by atoms with E-state index in [2.05, 4.69) is 5.32 Å². The van der Waals surface area contributed by atoms with Crippen molar-refractivity contribution >= 4 is 11.6 Å². The van der Waals surface area contributed by atoms with Gasteiger partial charge in [0.05, 0.1) is 11.8 Å². The van der Waals surface area contributed by atoms with Gasteiger partial charge in [-0.3, -0.25) is 4.79 Å². The molecule has 0 radical (unpaired) electrons. The molecule has 94 valence electrons. The van der Waals surface area contributed by atoms with E-state index in [1.807, 2.05) is 39.0 Å². The molecule has 18 heavy (non-hydrogen) atoms. The molecule has 1 aromatic carbocycles. The van der Waals surface area contributed by atoms with Crippen LogP contribution in [0.25, 0.3) is 0 Å². The molecule has 0 saturated heterocycles. The lowest BCUT2D eigenvalue weighted by Gasteiger charge is -2.10. The van der Waals surface area contributed by atoms with Crippen LogP contribution < -0.4 is 5.32 Å². The number of anilines is 1. The van der Waals surface area contributed by atoms with Crippen LogP contribution in [-0.4, -0.2) is 5.91 Å². The van der Waals surface area contributed by atoms with Gasteiger partial charge in [-0.25, -0.2) is 0 Å². The van der Waals surface area contributed by atoms with Crippen LogP contribution in [0.15, 0.2) is 28.9 Å². The Bertz CT molecular complexity index is 577. The van der Waals surface area contributed by atoms with Crippen molar-refractivity contribution in [2.75, 3.05) is 5.32 Å². The highest BCUT2D eigenvalue weighted by atomic mass is 16.3. The normalized spacial score (nSPS) is 10.4. The topological polar surface area (TPSA) is 42.2 Å². The Balaban J connectivity index is 2.30. The SMILES string of the molecule is Cc1cccc(NC(=O)c2c(C)coc2C)c1C. The number of furan rings is 1. The van der Waals surface area contributed by atoms with E-state index in [0.29, 0.717) is 11.3 Å². The van der Waals surface area contributed by atoms with E-state index >= 15 is 0 Å². The van der Waals surface area contributed by atoms with Gasteiger partial charge in [0.25, 0.3) is 5.91 Å². The van der Waals surface area contributed by atoms with Crippen LogP contribution in [0, 0.1) is 27.7 Å². The van der Waals surface area contributed by atoms with Crippen molar-refractivity contribution in [2.24, 2.45) is 0 Å². The van der Waals surface area contributed by atoms with Crippen molar-refractivity contribution in [3.05, 3.63) is 52.5 Å². The summed E-state index contributed by atoms with van der Waals surface area (Å²) in [7, 11) is 0. The number of aryl methyl sites for hydroxylation is 3. The average Bonchev–Trinajstić information content (AvgIpc) is 2.65. The highest BCUT2D eigenvalue weighted by molar-refractivity contribution is 6.06. The summed E-state index contributed by atoms with van der Waals surface area (Å²) in [6.45, 7) is 7.69. The Kier molecular flexibility index (Phi) is 3.24. The van der Waals surface area contributed by atoms with Gasteiger partial charge in [0.2, 0.25) is 0 Å². The zero-order chi connectivity index (χ0) is 13.3. The molecule has 0 spiro atoms. The maximum absolute atomic E-state index is 12.2. The van der Waals surface area contributed by atoms with Crippen molar-refractivity contribution in [3.63, 3.8) is 0 Å². The predicted octanol–water partition coefficient (Wildman–Crippen LogP) is 3.77. The van der Waals surface area contributed by atoms with E-state index in [4.69, 9.17) is 4.42 Å². The van der Waals surface area contributed by atoms with Crippen LogP contribution in [-0.2, 0) is 0 Å². The summed E-state index contributed by atoms with van der Waals surface area (Å²) in [5.74, 6) is 0.530. The van der Waals surface area contributed by atoms with Crippen LogP contribution in [0.4, 0.5) is 5.69 Å². The quantitative estimate of drug-likeness (QED) is 0.872. The Labute approximate surface area is 107 Å². The molecule has 1 N–H and O–H groups in total. The highest BCUT2D eigenvalue weighted by Crippen LogP contribution is 2.21. The molecular weight excluding hydrogens is 226 g/mol. The molecule has 0 aliphatic carbocycles. The van der Waals surface area contributed by atoms with Crippen LogP contribution in [0.2, 0.25) is 0 Å². The van der Waals surface area contributed by atoms with Gasteiger partial charge in [-0.1, -0.05) is 12.1 Å². The predicted molar refractivity (Wildman–Crippen MR) is 72.1 cm³/mol. The standard InChI is InChI=1S/C15H17NO2/c1-9-6-5-7-13(11(9)3)16-15(17)14-10(2)8-18-12(14)4/h5-8H,1-4H3,(H,16,17). The maximum Gasteiger partial charge on any atom is 0.259 e. The number of hydrogen-bond acceptors (Lipinski definition) is 2. The van der Waals surface area contributed by atoms with E-state index < -0.39 is 0 Å². The lowest BCUT2D eigenvalue weighted by atomic mass is 10.1. The van der Waals surface area contributed by atoms with Crippen LogP contribution in [0.1, 0.15) is 32.8 Å². The lowest BCUT2D eigenvalue weighted by Crippen LogP contribution is -2.14. The summed E-state index contributed by atoms with van der Waals surface area (Å²) in [6.07, 6.45) is 1.60. The first-order chi connectivity index (χ1) is 8.50. The van der Waals surface area contributed by atoms with E-state index in [1.54, 1.807) is 13.2 Å². The monoisotopic (exact) mass is 243 g/mol. The number of hydrogen-bond donors (Lipinski definition) is 1. The molecule has 1 amide bonds. The van der Waals surface area contributed by atoms with Gasteiger partial charge in [0, 0.05) is 11.3 Å². The molecule has 1 heterocycles. The summed E-state index contributed by atoms with van der Waals surface area (Å²) in [5.41, 5.74) is 4.57. The van der Waals surface area contributed by atoms with Gasteiger partial charge in [-0.15, -0.1) is 0 Å². The Morgan fingerprint density at radius 2 is 1.83 bits per heavy atom. The van der Waals surface area contributed by atoms with E-state index in [0.717, 1.165) is 22.4 Å². The van der Waals surface area contributed by atoms with E-state index in [1.165, 1.54) is 0 Å². The second-order valence-electron chi connectivity index (χ2n) is 4.55. The number of rotatable bonds is 2. The van der Waals surface area contributed by atoms with Gasteiger partial charge in [-0.2, -0.15) is 0 Å². The van der Waals surface area contributed by atoms with Gasteiger partial charge in [0.15, 0.2) is 0 Å². The molecule has 3 nitrogen and oxygen atoms in total. The average molecular weight is 243 g/mol. The largest absolute Gasteiger partial charge is 0.469 e. The number of amides is 1. The summed E-state index contributed by atoms with van der Waals surface area (Å²) in [4.78, 5) is 12.2. The van der Waals surface area contributed by atoms with Gasteiger partial charge in [0.1, 0.15) is 5.76 Å². The van der Waals surface area contributed by atoms with Gasteiger partial charge >= 0.3 is 0 Å². The van der Waals surface area contributed by atoms with Crippen molar-refractivity contribution < 1.29 is 9.21 Å². The van der Waals surface area contributed by atoms with Crippen LogP contribution in [0.5, 0.6) is 0 Å². The third kappa shape index (κ3) is 2.16. The molecular formula is C15H17NO2. The van der Waals surface area contributed by atoms with Crippen molar-refractivity contribution in [1.82, 2.24) is 0 Å². The summed E-state index contributed by atoms with van der Waals surface area (Å²) in [5, 5.41) is 2.94. The number of benzene rings is 1. The second kappa shape index (κ2) is 4.69. The Morgan fingerprint density at radius 3 is 2.44 bits per heavy atom. The third-order valence-electron chi connectivity index (χ3n) is 3.24. The fourth-order valence-corrected chi connectivity index (χ4v) is 1.98.